The van der Waals surface area contributed by atoms with Crippen LogP contribution in [0.5, 0.6) is 0 Å². The monoisotopic (exact) mass is 379 g/mol. The number of hydrogen-bond acceptors (Lipinski definition) is 3. The maximum absolute atomic E-state index is 10.6. The summed E-state index contributed by atoms with van der Waals surface area (Å²) in [6, 6.07) is 14.0. The Morgan fingerprint density at radius 2 is 1.86 bits per heavy atom. The Morgan fingerprint density at radius 1 is 1.23 bits per heavy atom. The molecule has 0 amide bonds. The van der Waals surface area contributed by atoms with Gasteiger partial charge in [0, 0.05) is 22.3 Å². The molecule has 0 unspecified atom stereocenters. The molecule has 0 aliphatic rings. The molecule has 0 heterocycles. The zero-order valence-electron chi connectivity index (χ0n) is 11.7. The number of nitro benzene ring substituents is 1. The number of anilines is 1. The first-order valence-electron chi connectivity index (χ1n) is 6.54. The summed E-state index contributed by atoms with van der Waals surface area (Å²) in [6.45, 7) is 2.00. The highest BCUT2D eigenvalue weighted by Gasteiger charge is 2.10. The van der Waals surface area contributed by atoms with Crippen molar-refractivity contribution in [2.75, 3.05) is 5.32 Å². The van der Waals surface area contributed by atoms with E-state index in [1.807, 2.05) is 31.2 Å². The van der Waals surface area contributed by atoms with Gasteiger partial charge in [0.05, 0.1) is 11.0 Å². The largest absolute Gasteiger partial charge is 0.356 e. The molecule has 0 aliphatic carbocycles. The van der Waals surface area contributed by atoms with Crippen LogP contribution in [-0.4, -0.2) is 10.0 Å². The molecule has 0 saturated carbocycles. The van der Waals surface area contributed by atoms with E-state index in [1.165, 1.54) is 12.1 Å². The van der Waals surface area contributed by atoms with Gasteiger partial charge in [0.15, 0.2) is 5.11 Å². The second kappa shape index (κ2) is 7.33. The van der Waals surface area contributed by atoms with Gasteiger partial charge in [-0.25, -0.2) is 0 Å². The van der Waals surface area contributed by atoms with E-state index in [-0.39, 0.29) is 11.7 Å². The van der Waals surface area contributed by atoms with Crippen molar-refractivity contribution < 1.29 is 4.92 Å². The van der Waals surface area contributed by atoms with Crippen molar-refractivity contribution in [3.8, 4) is 0 Å². The van der Waals surface area contributed by atoms with Crippen molar-refractivity contribution in [3.63, 3.8) is 0 Å². The molecule has 1 atom stereocenters. The maximum Gasteiger partial charge on any atom is 0.269 e. The topological polar surface area (TPSA) is 67.2 Å². The van der Waals surface area contributed by atoms with Crippen molar-refractivity contribution >= 4 is 44.6 Å². The number of hydrogen-bond donors (Lipinski definition) is 2. The molecule has 0 spiro atoms. The Hall–Kier alpha value is -1.99. The van der Waals surface area contributed by atoms with Gasteiger partial charge in [0.2, 0.25) is 0 Å². The Bertz CT molecular complexity index is 691. The molecule has 0 saturated heterocycles. The molecule has 2 aromatic rings. The number of non-ortho nitro benzene ring substituents is 1. The maximum atomic E-state index is 10.6. The van der Waals surface area contributed by atoms with Gasteiger partial charge < -0.3 is 10.6 Å². The number of rotatable bonds is 4. The average Bonchev–Trinajstić information content (AvgIpc) is 2.48. The highest BCUT2D eigenvalue weighted by atomic mass is 79.9. The average molecular weight is 380 g/mol. The van der Waals surface area contributed by atoms with E-state index in [9.17, 15) is 10.1 Å². The van der Waals surface area contributed by atoms with Crippen LogP contribution in [0.4, 0.5) is 11.4 Å². The van der Waals surface area contributed by atoms with Crippen LogP contribution >= 0.6 is 28.1 Å². The highest BCUT2D eigenvalue weighted by Crippen LogP contribution is 2.23. The Morgan fingerprint density at radius 3 is 2.45 bits per heavy atom. The first kappa shape index (κ1) is 16.4. The number of halogens is 1. The van der Waals surface area contributed by atoms with E-state index < -0.39 is 4.92 Å². The summed E-state index contributed by atoms with van der Waals surface area (Å²) in [5, 5.41) is 17.3. The number of nitrogens with zero attached hydrogens (tertiary/aromatic N) is 1. The second-order valence-corrected chi connectivity index (χ2v) is 5.91. The Labute approximate surface area is 142 Å². The summed E-state index contributed by atoms with van der Waals surface area (Å²) in [5.74, 6) is 0. The minimum Gasteiger partial charge on any atom is -0.356 e. The summed E-state index contributed by atoms with van der Waals surface area (Å²) < 4.78 is 1.01. The molecule has 0 radical (unpaired) electrons. The predicted molar refractivity (Wildman–Crippen MR) is 95.0 cm³/mol. The number of benzene rings is 2. The lowest BCUT2D eigenvalue weighted by atomic mass is 10.1. The van der Waals surface area contributed by atoms with Crippen molar-refractivity contribution in [2.45, 2.75) is 13.0 Å². The molecule has 7 heteroatoms. The van der Waals surface area contributed by atoms with Gasteiger partial charge in [-0.15, -0.1) is 0 Å². The lowest BCUT2D eigenvalue weighted by Gasteiger charge is -2.18. The van der Waals surface area contributed by atoms with Gasteiger partial charge in [-0.3, -0.25) is 10.1 Å². The van der Waals surface area contributed by atoms with Gasteiger partial charge >= 0.3 is 0 Å². The molecular formula is C15H14BrN3O2S. The third kappa shape index (κ3) is 4.25. The first-order chi connectivity index (χ1) is 10.5. The fourth-order valence-corrected chi connectivity index (χ4v) is 2.86. The molecule has 2 rings (SSSR count). The number of nitrogens with one attached hydrogen (secondary N) is 2. The molecule has 0 aromatic heterocycles. The zero-order valence-corrected chi connectivity index (χ0v) is 14.1. The molecule has 5 nitrogen and oxygen atoms in total. The third-order valence-corrected chi connectivity index (χ3v) is 4.00. The molecule has 2 N–H and O–H groups in total. The Balaban J connectivity index is 1.98. The van der Waals surface area contributed by atoms with Gasteiger partial charge in [0.1, 0.15) is 0 Å². The van der Waals surface area contributed by atoms with Crippen molar-refractivity contribution in [1.29, 1.82) is 0 Å². The normalized spacial score (nSPS) is 11.5. The molecule has 0 aliphatic heterocycles. The number of nitro groups is 1. The third-order valence-electron chi connectivity index (χ3n) is 3.06. The van der Waals surface area contributed by atoms with E-state index in [0.29, 0.717) is 10.8 Å². The van der Waals surface area contributed by atoms with Crippen molar-refractivity contribution in [1.82, 2.24) is 5.32 Å². The van der Waals surface area contributed by atoms with Crippen LogP contribution in [-0.2, 0) is 0 Å². The van der Waals surface area contributed by atoms with Crippen LogP contribution in [0.2, 0.25) is 0 Å². The summed E-state index contributed by atoms with van der Waals surface area (Å²) in [7, 11) is 0. The predicted octanol–water partition coefficient (Wildman–Crippen LogP) is 4.40. The Kier molecular flexibility index (Phi) is 5.46. The summed E-state index contributed by atoms with van der Waals surface area (Å²) in [4.78, 5) is 10.2. The van der Waals surface area contributed by atoms with E-state index in [1.54, 1.807) is 12.1 Å². The van der Waals surface area contributed by atoms with E-state index in [0.717, 1.165) is 10.0 Å². The lowest BCUT2D eigenvalue weighted by Crippen LogP contribution is -2.31. The molecule has 22 heavy (non-hydrogen) atoms. The van der Waals surface area contributed by atoms with Gasteiger partial charge in [-0.2, -0.15) is 0 Å². The van der Waals surface area contributed by atoms with E-state index in [4.69, 9.17) is 12.2 Å². The van der Waals surface area contributed by atoms with E-state index >= 15 is 0 Å². The SMILES string of the molecule is C[C@H](NC(=S)Nc1ccc([N+](=O)[O-])cc1)c1ccccc1Br. The standard InChI is InChI=1S/C15H14BrN3O2S/c1-10(13-4-2-3-5-14(13)16)17-15(22)18-11-6-8-12(9-7-11)19(20)21/h2-10H,1H3,(H2,17,18,22)/t10-/m0/s1. The summed E-state index contributed by atoms with van der Waals surface area (Å²) >= 11 is 8.78. The van der Waals surface area contributed by atoms with Crippen LogP contribution in [0.3, 0.4) is 0 Å². The quantitative estimate of drug-likeness (QED) is 0.467. The first-order valence-corrected chi connectivity index (χ1v) is 7.74. The van der Waals surface area contributed by atoms with Crippen LogP contribution in [0, 0.1) is 10.1 Å². The second-order valence-electron chi connectivity index (χ2n) is 4.65. The summed E-state index contributed by atoms with van der Waals surface area (Å²) in [6.07, 6.45) is 0. The van der Waals surface area contributed by atoms with Gasteiger partial charge in [0.25, 0.3) is 5.69 Å². The van der Waals surface area contributed by atoms with Crippen molar-refractivity contribution in [3.05, 3.63) is 68.7 Å². The minimum absolute atomic E-state index is 0.0219. The fourth-order valence-electron chi connectivity index (χ4n) is 1.93. The molecule has 0 fully saturated rings. The van der Waals surface area contributed by atoms with Crippen molar-refractivity contribution in [2.24, 2.45) is 0 Å². The van der Waals surface area contributed by atoms with Gasteiger partial charge in [-0.05, 0) is 42.9 Å². The molecule has 114 valence electrons. The van der Waals surface area contributed by atoms with Gasteiger partial charge in [-0.1, -0.05) is 34.1 Å². The molecule has 0 bridgehead atoms. The van der Waals surface area contributed by atoms with E-state index in [2.05, 4.69) is 26.6 Å². The minimum atomic E-state index is -0.435. The van der Waals surface area contributed by atoms with Crippen LogP contribution in [0.15, 0.2) is 53.0 Å². The smallest absolute Gasteiger partial charge is 0.269 e. The zero-order chi connectivity index (χ0) is 16.1. The molecule has 2 aromatic carbocycles. The fraction of sp³-hybridized carbons (Fsp3) is 0.133. The number of thiocarbonyl (C=S) groups is 1. The van der Waals surface area contributed by atoms with Crippen LogP contribution < -0.4 is 10.6 Å². The van der Waals surface area contributed by atoms with Crippen LogP contribution in [0.1, 0.15) is 18.5 Å². The molecular weight excluding hydrogens is 366 g/mol. The summed E-state index contributed by atoms with van der Waals surface area (Å²) in [5.41, 5.74) is 1.84. The highest BCUT2D eigenvalue weighted by molar-refractivity contribution is 9.10. The van der Waals surface area contributed by atoms with Crippen LogP contribution in [0.25, 0.3) is 0 Å². The lowest BCUT2D eigenvalue weighted by molar-refractivity contribution is -0.384.